The van der Waals surface area contributed by atoms with Crippen LogP contribution >= 0.6 is 0 Å². The number of ether oxygens (including phenoxy) is 1. The summed E-state index contributed by atoms with van der Waals surface area (Å²) in [4.78, 5) is 17.4. The van der Waals surface area contributed by atoms with E-state index in [9.17, 15) is 4.79 Å². The van der Waals surface area contributed by atoms with E-state index in [-0.39, 0.29) is 5.91 Å². The largest absolute Gasteiger partial charge is 0.497 e. The Morgan fingerprint density at radius 3 is 2.85 bits per heavy atom. The van der Waals surface area contributed by atoms with E-state index in [1.165, 1.54) is 22.4 Å². The maximum absolute atomic E-state index is 13.2. The van der Waals surface area contributed by atoms with Crippen molar-refractivity contribution in [3.8, 4) is 5.75 Å². The third-order valence-corrected chi connectivity index (χ3v) is 6.03. The molecular formula is C23H28N2O2. The molecular weight excluding hydrogens is 336 g/mol. The van der Waals surface area contributed by atoms with Gasteiger partial charge in [-0.25, -0.2) is 0 Å². The number of amides is 1. The number of carbonyl (C=O) groups is 1. The van der Waals surface area contributed by atoms with Crippen molar-refractivity contribution < 1.29 is 9.53 Å². The van der Waals surface area contributed by atoms with Gasteiger partial charge in [0, 0.05) is 38.8 Å². The lowest BCUT2D eigenvalue weighted by Crippen LogP contribution is -2.35. The summed E-state index contributed by atoms with van der Waals surface area (Å²) in [5.74, 6) is 1.50. The number of hydrogen-bond acceptors (Lipinski definition) is 3. The molecule has 1 aliphatic heterocycles. The van der Waals surface area contributed by atoms with E-state index in [1.807, 2.05) is 11.0 Å². The monoisotopic (exact) mass is 364 g/mol. The second-order valence-electron chi connectivity index (χ2n) is 7.72. The van der Waals surface area contributed by atoms with Crippen LogP contribution in [0.3, 0.4) is 0 Å². The number of aryl methyl sites for hydroxylation is 1. The summed E-state index contributed by atoms with van der Waals surface area (Å²) in [6.45, 7) is 2.37. The van der Waals surface area contributed by atoms with Crippen molar-refractivity contribution in [1.82, 2.24) is 4.90 Å². The second-order valence-corrected chi connectivity index (χ2v) is 7.72. The Balaban J connectivity index is 1.50. The van der Waals surface area contributed by atoms with Crippen LogP contribution in [-0.4, -0.2) is 38.1 Å². The number of likely N-dealkylation sites (N-methyl/N-ethyl adjacent to an activating group) is 1. The lowest BCUT2D eigenvalue weighted by atomic mass is 9.80. The van der Waals surface area contributed by atoms with Gasteiger partial charge in [-0.15, -0.1) is 0 Å². The number of anilines is 1. The molecule has 0 spiro atoms. The summed E-state index contributed by atoms with van der Waals surface area (Å²) in [7, 11) is 3.82. The summed E-state index contributed by atoms with van der Waals surface area (Å²) < 4.78 is 5.37. The molecule has 0 fully saturated rings. The lowest BCUT2D eigenvalue weighted by Gasteiger charge is -2.28. The summed E-state index contributed by atoms with van der Waals surface area (Å²) in [6, 6.07) is 14.7. The van der Waals surface area contributed by atoms with Crippen LogP contribution in [0.15, 0.2) is 42.5 Å². The standard InChI is InChI=1S/C23H28N2O2/c1-24-12-13-25(16-19-6-3-4-9-22(19)24)23(26)15-18-8-5-7-17-14-20(27-2)10-11-21(17)18/h3-4,6,9-11,14,18H,5,7-8,12-13,15-16H2,1-2H3. The number of benzene rings is 2. The normalized spacial score (nSPS) is 19.1. The molecule has 1 atom stereocenters. The summed E-state index contributed by atoms with van der Waals surface area (Å²) in [5.41, 5.74) is 5.16. The molecule has 0 aromatic heterocycles. The lowest BCUT2D eigenvalue weighted by molar-refractivity contribution is -0.132. The minimum atomic E-state index is 0.272. The van der Waals surface area contributed by atoms with Gasteiger partial charge in [-0.1, -0.05) is 24.3 Å². The first kappa shape index (κ1) is 17.9. The number of hydrogen-bond donors (Lipinski definition) is 0. The Bertz CT molecular complexity index is 833. The zero-order chi connectivity index (χ0) is 18.8. The van der Waals surface area contributed by atoms with E-state index in [1.54, 1.807) is 7.11 Å². The molecule has 142 valence electrons. The first-order valence-corrected chi connectivity index (χ1v) is 9.89. The van der Waals surface area contributed by atoms with Crippen LogP contribution < -0.4 is 9.64 Å². The first-order valence-electron chi connectivity index (χ1n) is 9.89. The minimum absolute atomic E-state index is 0.272. The first-order chi connectivity index (χ1) is 13.2. The molecule has 2 aromatic rings. The molecule has 0 N–H and O–H groups in total. The van der Waals surface area contributed by atoms with Crippen LogP contribution in [0.4, 0.5) is 5.69 Å². The van der Waals surface area contributed by atoms with Crippen molar-refractivity contribution in [1.29, 1.82) is 0 Å². The molecule has 4 heteroatoms. The van der Waals surface area contributed by atoms with Crippen LogP contribution in [0.1, 0.15) is 41.9 Å². The highest BCUT2D eigenvalue weighted by Crippen LogP contribution is 2.36. The average molecular weight is 364 g/mol. The zero-order valence-electron chi connectivity index (χ0n) is 16.3. The van der Waals surface area contributed by atoms with Crippen molar-refractivity contribution in [2.75, 3.05) is 32.1 Å². The molecule has 1 unspecified atom stereocenters. The molecule has 1 aliphatic carbocycles. The molecule has 4 rings (SSSR count). The number of fused-ring (bicyclic) bond motifs is 2. The van der Waals surface area contributed by atoms with E-state index in [4.69, 9.17) is 4.74 Å². The minimum Gasteiger partial charge on any atom is -0.497 e. The van der Waals surface area contributed by atoms with Crippen molar-refractivity contribution in [2.24, 2.45) is 0 Å². The molecule has 0 radical (unpaired) electrons. The van der Waals surface area contributed by atoms with Gasteiger partial charge in [0.05, 0.1) is 7.11 Å². The highest BCUT2D eigenvalue weighted by atomic mass is 16.5. The highest BCUT2D eigenvalue weighted by Gasteiger charge is 2.27. The molecule has 2 aliphatic rings. The Hall–Kier alpha value is -2.49. The molecule has 0 bridgehead atoms. The van der Waals surface area contributed by atoms with Crippen LogP contribution in [0.25, 0.3) is 0 Å². The van der Waals surface area contributed by atoms with E-state index in [0.29, 0.717) is 18.9 Å². The van der Waals surface area contributed by atoms with Gasteiger partial charge in [-0.05, 0) is 60.1 Å². The highest BCUT2D eigenvalue weighted by molar-refractivity contribution is 5.78. The van der Waals surface area contributed by atoms with E-state index < -0.39 is 0 Å². The topological polar surface area (TPSA) is 32.8 Å². The Kier molecular flexibility index (Phi) is 5.06. The molecule has 1 amide bonds. The fourth-order valence-corrected chi connectivity index (χ4v) is 4.48. The third kappa shape index (κ3) is 3.66. The third-order valence-electron chi connectivity index (χ3n) is 6.03. The SMILES string of the molecule is COc1ccc2c(c1)CCCC2CC(=O)N1CCN(C)c2ccccc2C1. The average Bonchev–Trinajstić information content (AvgIpc) is 2.87. The van der Waals surface area contributed by atoms with Gasteiger partial charge in [0.25, 0.3) is 0 Å². The maximum atomic E-state index is 13.2. The molecule has 2 aromatic carbocycles. The van der Waals surface area contributed by atoms with Crippen LogP contribution in [-0.2, 0) is 17.8 Å². The number of methoxy groups -OCH3 is 1. The number of rotatable bonds is 3. The molecule has 0 saturated carbocycles. The van der Waals surface area contributed by atoms with Gasteiger partial charge in [0.15, 0.2) is 0 Å². The number of carbonyl (C=O) groups excluding carboxylic acids is 1. The molecule has 4 nitrogen and oxygen atoms in total. The van der Waals surface area contributed by atoms with E-state index in [0.717, 1.165) is 38.1 Å². The fourth-order valence-electron chi connectivity index (χ4n) is 4.48. The maximum Gasteiger partial charge on any atom is 0.223 e. The predicted molar refractivity (Wildman–Crippen MR) is 108 cm³/mol. The van der Waals surface area contributed by atoms with Gasteiger partial charge in [-0.3, -0.25) is 4.79 Å². The summed E-state index contributed by atoms with van der Waals surface area (Å²) >= 11 is 0. The predicted octanol–water partition coefficient (Wildman–Crippen LogP) is 3.98. The number of para-hydroxylation sites is 1. The fraction of sp³-hybridized carbons (Fsp3) is 0.435. The summed E-state index contributed by atoms with van der Waals surface area (Å²) in [6.07, 6.45) is 3.92. The van der Waals surface area contributed by atoms with Crippen LogP contribution in [0, 0.1) is 0 Å². The van der Waals surface area contributed by atoms with Gasteiger partial charge in [0.2, 0.25) is 5.91 Å². The van der Waals surface area contributed by atoms with Gasteiger partial charge >= 0.3 is 0 Å². The quantitative estimate of drug-likeness (QED) is 0.826. The van der Waals surface area contributed by atoms with Crippen LogP contribution in [0.5, 0.6) is 5.75 Å². The Labute approximate surface area is 161 Å². The summed E-state index contributed by atoms with van der Waals surface area (Å²) in [5, 5.41) is 0. The molecule has 1 heterocycles. The number of nitrogens with zero attached hydrogens (tertiary/aromatic N) is 2. The van der Waals surface area contributed by atoms with Crippen molar-refractivity contribution in [2.45, 2.75) is 38.1 Å². The van der Waals surface area contributed by atoms with E-state index >= 15 is 0 Å². The van der Waals surface area contributed by atoms with Gasteiger partial charge in [-0.2, -0.15) is 0 Å². The van der Waals surface area contributed by atoms with Crippen LogP contribution in [0.2, 0.25) is 0 Å². The van der Waals surface area contributed by atoms with Gasteiger partial charge < -0.3 is 14.5 Å². The molecule has 27 heavy (non-hydrogen) atoms. The zero-order valence-corrected chi connectivity index (χ0v) is 16.3. The van der Waals surface area contributed by atoms with Crippen molar-refractivity contribution in [3.05, 3.63) is 59.2 Å². The van der Waals surface area contributed by atoms with Crippen molar-refractivity contribution in [3.63, 3.8) is 0 Å². The smallest absolute Gasteiger partial charge is 0.223 e. The Morgan fingerprint density at radius 2 is 2.00 bits per heavy atom. The van der Waals surface area contributed by atoms with Gasteiger partial charge in [0.1, 0.15) is 5.75 Å². The van der Waals surface area contributed by atoms with Crippen molar-refractivity contribution >= 4 is 11.6 Å². The second kappa shape index (κ2) is 7.63. The van der Waals surface area contributed by atoms with E-state index in [2.05, 4.69) is 48.3 Å². The Morgan fingerprint density at radius 1 is 1.15 bits per heavy atom. The molecule has 0 saturated heterocycles.